The Balaban J connectivity index is 4.52. The largest absolute Gasteiger partial charge is 0.480 e. The van der Waals surface area contributed by atoms with Gasteiger partial charge in [0.25, 0.3) is 0 Å². The van der Waals surface area contributed by atoms with Crippen molar-refractivity contribution >= 4 is 22.3 Å². The molecule has 0 saturated heterocycles. The maximum Gasteiger partial charge on any atom is 0.421 e. The SMILES string of the molecule is CCCCC(NS(=O)(=O)NC(=O)OC)C(=O)O. The quantitative estimate of drug-likeness (QED) is 0.588. The first-order valence-corrected chi connectivity index (χ1v) is 6.41. The van der Waals surface area contributed by atoms with Crippen LogP contribution in [-0.2, 0) is 19.7 Å². The Kier molecular flexibility index (Phi) is 6.51. The lowest BCUT2D eigenvalue weighted by molar-refractivity contribution is -0.139. The van der Waals surface area contributed by atoms with Crippen LogP contribution in [0.25, 0.3) is 0 Å². The molecule has 0 aliphatic carbocycles. The summed E-state index contributed by atoms with van der Waals surface area (Å²) >= 11 is 0. The summed E-state index contributed by atoms with van der Waals surface area (Å²) in [6, 6.07) is -1.27. The van der Waals surface area contributed by atoms with E-state index in [1.807, 2.05) is 11.6 Å². The molecule has 0 rings (SSSR count). The van der Waals surface area contributed by atoms with Gasteiger partial charge in [0, 0.05) is 0 Å². The number of carboxylic acids is 1. The highest BCUT2D eigenvalue weighted by atomic mass is 32.2. The fourth-order valence-electron chi connectivity index (χ4n) is 1.01. The number of aliphatic carboxylic acids is 1. The third-order valence-electron chi connectivity index (χ3n) is 1.84. The zero-order valence-electron chi connectivity index (χ0n) is 9.60. The molecule has 0 aliphatic rings. The number of nitrogens with one attached hydrogen (secondary N) is 2. The average molecular weight is 268 g/mol. The number of carboxylic acid groups (broad SMARTS) is 1. The van der Waals surface area contributed by atoms with Crippen molar-refractivity contribution < 1.29 is 27.9 Å². The maximum absolute atomic E-state index is 11.3. The standard InChI is InChI=1S/C8H16N2O6S/c1-3-4-5-6(7(11)12)9-17(14,15)10-8(13)16-2/h6,9H,3-5H2,1-2H3,(H,10,13)(H,11,12). The Labute approximate surface area is 99.5 Å². The van der Waals surface area contributed by atoms with Gasteiger partial charge >= 0.3 is 22.3 Å². The molecule has 1 atom stereocenters. The minimum absolute atomic E-state index is 0.147. The zero-order valence-corrected chi connectivity index (χ0v) is 10.4. The Morgan fingerprint density at radius 3 is 2.41 bits per heavy atom. The molecule has 0 bridgehead atoms. The van der Waals surface area contributed by atoms with E-state index in [2.05, 4.69) is 4.74 Å². The number of unbranched alkanes of at least 4 members (excludes halogenated alkanes) is 1. The molecule has 17 heavy (non-hydrogen) atoms. The minimum Gasteiger partial charge on any atom is -0.480 e. The van der Waals surface area contributed by atoms with Gasteiger partial charge in [0.1, 0.15) is 6.04 Å². The fraction of sp³-hybridized carbons (Fsp3) is 0.750. The Hall–Kier alpha value is -1.35. The summed E-state index contributed by atoms with van der Waals surface area (Å²) in [5.41, 5.74) is 0. The molecule has 0 fully saturated rings. The van der Waals surface area contributed by atoms with Gasteiger partial charge in [-0.1, -0.05) is 19.8 Å². The van der Waals surface area contributed by atoms with Crippen molar-refractivity contribution in [2.75, 3.05) is 7.11 Å². The predicted molar refractivity (Wildman–Crippen MR) is 58.5 cm³/mol. The first-order chi connectivity index (χ1) is 7.82. The molecule has 1 amide bonds. The molecular formula is C8H16N2O6S. The number of rotatable bonds is 7. The molecule has 0 aliphatic heterocycles. The van der Waals surface area contributed by atoms with E-state index >= 15 is 0 Å². The van der Waals surface area contributed by atoms with Crippen LogP contribution in [0.3, 0.4) is 0 Å². The van der Waals surface area contributed by atoms with E-state index in [1.54, 1.807) is 0 Å². The monoisotopic (exact) mass is 268 g/mol. The van der Waals surface area contributed by atoms with E-state index in [4.69, 9.17) is 5.11 Å². The van der Waals surface area contributed by atoms with E-state index in [0.29, 0.717) is 6.42 Å². The van der Waals surface area contributed by atoms with Crippen LogP contribution in [0.1, 0.15) is 26.2 Å². The van der Waals surface area contributed by atoms with E-state index in [1.165, 1.54) is 4.72 Å². The Morgan fingerprint density at radius 1 is 1.41 bits per heavy atom. The van der Waals surface area contributed by atoms with E-state index < -0.39 is 28.3 Å². The highest BCUT2D eigenvalue weighted by Gasteiger charge is 2.24. The lowest BCUT2D eigenvalue weighted by Gasteiger charge is -2.14. The van der Waals surface area contributed by atoms with Gasteiger partial charge in [-0.3, -0.25) is 4.79 Å². The lowest BCUT2D eigenvalue weighted by atomic mass is 10.1. The Bertz CT molecular complexity index is 366. The number of carbonyl (C=O) groups excluding carboxylic acids is 1. The second-order valence-electron chi connectivity index (χ2n) is 3.25. The van der Waals surface area contributed by atoms with Gasteiger partial charge in [-0.15, -0.1) is 0 Å². The van der Waals surface area contributed by atoms with Gasteiger partial charge in [-0.05, 0) is 6.42 Å². The van der Waals surface area contributed by atoms with Crippen LogP contribution < -0.4 is 9.44 Å². The van der Waals surface area contributed by atoms with Crippen molar-refractivity contribution in [3.8, 4) is 0 Å². The first kappa shape index (κ1) is 15.7. The minimum atomic E-state index is -4.22. The molecule has 0 aromatic carbocycles. The van der Waals surface area contributed by atoms with Crippen LogP contribution in [0.2, 0.25) is 0 Å². The van der Waals surface area contributed by atoms with Crippen LogP contribution in [0.5, 0.6) is 0 Å². The molecule has 0 aromatic heterocycles. The van der Waals surface area contributed by atoms with Crippen molar-refractivity contribution in [1.82, 2.24) is 9.44 Å². The van der Waals surface area contributed by atoms with Gasteiger partial charge in [0.15, 0.2) is 0 Å². The van der Waals surface area contributed by atoms with Crippen molar-refractivity contribution in [2.45, 2.75) is 32.2 Å². The zero-order chi connectivity index (χ0) is 13.5. The summed E-state index contributed by atoms with van der Waals surface area (Å²) in [6.45, 7) is 1.85. The highest BCUT2D eigenvalue weighted by molar-refractivity contribution is 7.88. The third-order valence-corrected chi connectivity index (χ3v) is 2.88. The first-order valence-electron chi connectivity index (χ1n) is 4.93. The molecule has 0 spiro atoms. The summed E-state index contributed by atoms with van der Waals surface area (Å²) in [5, 5.41) is 8.78. The van der Waals surface area contributed by atoms with Crippen molar-refractivity contribution in [2.24, 2.45) is 0 Å². The summed E-state index contributed by atoms with van der Waals surface area (Å²) in [6.07, 6.45) is 0.249. The van der Waals surface area contributed by atoms with Crippen LogP contribution in [0.15, 0.2) is 0 Å². The Morgan fingerprint density at radius 2 is 2.00 bits per heavy atom. The number of hydrogen-bond acceptors (Lipinski definition) is 5. The molecule has 0 saturated carbocycles. The van der Waals surface area contributed by atoms with Crippen molar-refractivity contribution in [3.05, 3.63) is 0 Å². The van der Waals surface area contributed by atoms with E-state index in [-0.39, 0.29) is 6.42 Å². The average Bonchev–Trinajstić information content (AvgIpc) is 2.22. The number of hydrogen-bond donors (Lipinski definition) is 3. The van der Waals surface area contributed by atoms with E-state index in [0.717, 1.165) is 13.5 Å². The summed E-state index contributed by atoms with van der Waals surface area (Å²) in [7, 11) is -3.23. The van der Waals surface area contributed by atoms with Gasteiger partial charge < -0.3 is 9.84 Å². The molecule has 1 unspecified atom stereocenters. The molecule has 0 aromatic rings. The topological polar surface area (TPSA) is 122 Å². The van der Waals surface area contributed by atoms with Crippen molar-refractivity contribution in [3.63, 3.8) is 0 Å². The van der Waals surface area contributed by atoms with E-state index in [9.17, 15) is 18.0 Å². The number of methoxy groups -OCH3 is 1. The third kappa shape index (κ3) is 6.74. The second-order valence-corrected chi connectivity index (χ2v) is 4.69. The summed E-state index contributed by atoms with van der Waals surface area (Å²) < 4.78 is 30.0. The normalized spacial score (nSPS) is 12.8. The molecule has 3 N–H and O–H groups in total. The predicted octanol–water partition coefficient (Wildman–Crippen LogP) is -0.180. The summed E-state index contributed by atoms with van der Waals surface area (Å²) in [5.74, 6) is -1.30. The van der Waals surface area contributed by atoms with Gasteiger partial charge in [0.05, 0.1) is 7.11 Å². The molecule has 8 nitrogen and oxygen atoms in total. The molecular weight excluding hydrogens is 252 g/mol. The van der Waals surface area contributed by atoms with Gasteiger partial charge in [-0.2, -0.15) is 13.1 Å². The fourth-order valence-corrected chi connectivity index (χ4v) is 1.96. The molecule has 100 valence electrons. The number of carbonyl (C=O) groups is 2. The van der Waals surface area contributed by atoms with Crippen LogP contribution in [0.4, 0.5) is 4.79 Å². The van der Waals surface area contributed by atoms with Crippen molar-refractivity contribution in [1.29, 1.82) is 0 Å². The lowest BCUT2D eigenvalue weighted by Crippen LogP contribution is -2.48. The number of amides is 1. The van der Waals surface area contributed by atoms with Crippen LogP contribution in [0, 0.1) is 0 Å². The summed E-state index contributed by atoms with van der Waals surface area (Å²) in [4.78, 5) is 21.5. The molecule has 9 heteroatoms. The van der Waals surface area contributed by atoms with Gasteiger partial charge in [-0.25, -0.2) is 9.52 Å². The molecule has 0 radical (unpaired) electrons. The smallest absolute Gasteiger partial charge is 0.421 e. The maximum atomic E-state index is 11.3. The molecule has 0 heterocycles. The highest BCUT2D eigenvalue weighted by Crippen LogP contribution is 2.02. The van der Waals surface area contributed by atoms with Crippen LogP contribution in [-0.4, -0.2) is 38.7 Å². The van der Waals surface area contributed by atoms with Gasteiger partial charge in [0.2, 0.25) is 0 Å². The second kappa shape index (κ2) is 7.07. The number of ether oxygens (including phenoxy) is 1. The van der Waals surface area contributed by atoms with Crippen LogP contribution >= 0.6 is 0 Å².